The highest BCUT2D eigenvalue weighted by Crippen LogP contribution is 2.15. The number of nitrogens with zero attached hydrogens (tertiary/aromatic N) is 1. The highest BCUT2D eigenvalue weighted by atomic mass is 16.2. The molecule has 0 aliphatic carbocycles. The van der Waals surface area contributed by atoms with Gasteiger partial charge in [-0.25, -0.2) is 9.69 Å². The lowest BCUT2D eigenvalue weighted by Crippen LogP contribution is -2.38. The third-order valence-electron chi connectivity index (χ3n) is 3.99. The molecular formula is C20H19N3O3. The van der Waals surface area contributed by atoms with Crippen LogP contribution in [0.4, 0.5) is 10.5 Å². The van der Waals surface area contributed by atoms with Crippen LogP contribution in [0.5, 0.6) is 0 Å². The maximum atomic E-state index is 12.4. The number of hydrogen-bond donors (Lipinski definition) is 2. The van der Waals surface area contributed by atoms with E-state index >= 15 is 0 Å². The van der Waals surface area contributed by atoms with Crippen LogP contribution in [0.2, 0.25) is 0 Å². The van der Waals surface area contributed by atoms with Crippen LogP contribution < -0.4 is 10.6 Å². The smallest absolute Gasteiger partial charge is 0.325 e. The molecule has 1 heterocycles. The molecule has 26 heavy (non-hydrogen) atoms. The summed E-state index contributed by atoms with van der Waals surface area (Å²) in [6.07, 6.45) is 1.59. The molecule has 1 aliphatic rings. The number of carbonyl (C=O) groups is 3. The van der Waals surface area contributed by atoms with Crippen LogP contribution in [0.15, 0.2) is 54.2 Å². The van der Waals surface area contributed by atoms with Crippen molar-refractivity contribution in [3.05, 3.63) is 70.9 Å². The second-order valence-electron chi connectivity index (χ2n) is 6.20. The summed E-state index contributed by atoms with van der Waals surface area (Å²) < 4.78 is 0. The van der Waals surface area contributed by atoms with Crippen molar-refractivity contribution in [3.8, 4) is 0 Å². The van der Waals surface area contributed by atoms with Gasteiger partial charge in [0.25, 0.3) is 5.91 Å². The van der Waals surface area contributed by atoms with Gasteiger partial charge in [0.15, 0.2) is 0 Å². The summed E-state index contributed by atoms with van der Waals surface area (Å²) in [5.41, 5.74) is 3.74. The van der Waals surface area contributed by atoms with Crippen molar-refractivity contribution in [1.29, 1.82) is 0 Å². The molecule has 2 aromatic carbocycles. The second-order valence-corrected chi connectivity index (χ2v) is 6.20. The fraction of sp³-hybridized carbons (Fsp3) is 0.150. The van der Waals surface area contributed by atoms with E-state index in [0.717, 1.165) is 21.6 Å². The predicted octanol–water partition coefficient (Wildman–Crippen LogP) is 2.83. The molecule has 0 spiro atoms. The van der Waals surface area contributed by atoms with Crippen LogP contribution in [0, 0.1) is 13.8 Å². The largest absolute Gasteiger partial charge is 0.329 e. The van der Waals surface area contributed by atoms with Gasteiger partial charge in [-0.2, -0.15) is 0 Å². The van der Waals surface area contributed by atoms with Crippen molar-refractivity contribution in [2.75, 3.05) is 11.9 Å². The Morgan fingerprint density at radius 2 is 1.58 bits per heavy atom. The molecule has 0 saturated carbocycles. The third kappa shape index (κ3) is 3.97. The van der Waals surface area contributed by atoms with Crippen LogP contribution in [0.3, 0.4) is 0 Å². The van der Waals surface area contributed by atoms with E-state index in [9.17, 15) is 14.4 Å². The number of urea groups is 1. The van der Waals surface area contributed by atoms with E-state index in [-0.39, 0.29) is 12.2 Å². The van der Waals surface area contributed by atoms with Crippen molar-refractivity contribution in [2.45, 2.75) is 13.8 Å². The van der Waals surface area contributed by atoms with Crippen molar-refractivity contribution >= 4 is 29.6 Å². The number of nitrogens with one attached hydrogen (secondary N) is 2. The molecule has 0 unspecified atom stereocenters. The van der Waals surface area contributed by atoms with E-state index in [1.807, 2.05) is 50.2 Å². The fourth-order valence-corrected chi connectivity index (χ4v) is 2.53. The zero-order chi connectivity index (χ0) is 18.7. The minimum atomic E-state index is -0.604. The van der Waals surface area contributed by atoms with Gasteiger partial charge in [0.05, 0.1) is 0 Å². The summed E-state index contributed by atoms with van der Waals surface area (Å²) in [5.74, 6) is -0.955. The molecule has 1 aliphatic heterocycles. The molecule has 2 aromatic rings. The molecule has 6 nitrogen and oxygen atoms in total. The molecule has 132 valence electrons. The molecule has 6 heteroatoms. The van der Waals surface area contributed by atoms with E-state index in [2.05, 4.69) is 10.6 Å². The number of hydrogen-bond acceptors (Lipinski definition) is 3. The SMILES string of the molecule is Cc1ccc(/C=C2/NC(=O)N(CC(=O)Nc3ccc(C)cc3)C2=O)cc1. The first-order valence-electron chi connectivity index (χ1n) is 8.20. The summed E-state index contributed by atoms with van der Waals surface area (Å²) in [4.78, 5) is 37.5. The first kappa shape index (κ1) is 17.4. The minimum absolute atomic E-state index is 0.155. The molecule has 0 radical (unpaired) electrons. The molecular weight excluding hydrogens is 330 g/mol. The number of carbonyl (C=O) groups excluding carboxylic acids is 3. The Morgan fingerprint density at radius 3 is 2.19 bits per heavy atom. The summed E-state index contributed by atoms with van der Waals surface area (Å²) in [5, 5.41) is 5.19. The first-order valence-corrected chi connectivity index (χ1v) is 8.20. The number of rotatable bonds is 4. The lowest BCUT2D eigenvalue weighted by atomic mass is 10.1. The molecule has 1 fully saturated rings. The van der Waals surface area contributed by atoms with E-state index in [1.165, 1.54) is 0 Å². The second kappa shape index (κ2) is 7.23. The molecule has 1 saturated heterocycles. The average molecular weight is 349 g/mol. The standard InChI is InChI=1S/C20H19N3O3/c1-13-3-7-15(8-4-13)11-17-19(25)23(20(26)22-17)12-18(24)21-16-9-5-14(2)6-10-16/h3-11H,12H2,1-2H3,(H,21,24)(H,22,26)/b17-11+. The van der Waals surface area contributed by atoms with Gasteiger partial charge in [-0.05, 0) is 37.6 Å². The summed E-state index contributed by atoms with van der Waals surface area (Å²) in [6, 6.07) is 14.2. The molecule has 0 atom stereocenters. The van der Waals surface area contributed by atoms with Crippen molar-refractivity contribution < 1.29 is 14.4 Å². The Labute approximate surface area is 151 Å². The van der Waals surface area contributed by atoms with Gasteiger partial charge in [-0.3, -0.25) is 9.59 Å². The van der Waals surface area contributed by atoms with E-state index in [1.54, 1.807) is 18.2 Å². The van der Waals surface area contributed by atoms with E-state index < -0.39 is 17.8 Å². The van der Waals surface area contributed by atoms with Gasteiger partial charge < -0.3 is 10.6 Å². The zero-order valence-corrected chi connectivity index (χ0v) is 14.6. The van der Waals surface area contributed by atoms with Gasteiger partial charge in [0.2, 0.25) is 5.91 Å². The lowest BCUT2D eigenvalue weighted by molar-refractivity contribution is -0.127. The zero-order valence-electron chi connectivity index (χ0n) is 14.6. The van der Waals surface area contributed by atoms with Gasteiger partial charge in [-0.1, -0.05) is 47.5 Å². The maximum Gasteiger partial charge on any atom is 0.329 e. The van der Waals surface area contributed by atoms with Gasteiger partial charge >= 0.3 is 6.03 Å². The number of benzene rings is 2. The van der Waals surface area contributed by atoms with Crippen molar-refractivity contribution in [3.63, 3.8) is 0 Å². The summed E-state index contributed by atoms with van der Waals surface area (Å²) >= 11 is 0. The predicted molar refractivity (Wildman–Crippen MR) is 99.2 cm³/mol. The van der Waals surface area contributed by atoms with Crippen molar-refractivity contribution in [1.82, 2.24) is 10.2 Å². The first-order chi connectivity index (χ1) is 12.4. The Morgan fingerprint density at radius 1 is 1.00 bits per heavy atom. The van der Waals surface area contributed by atoms with Crippen LogP contribution in [0.1, 0.15) is 16.7 Å². The lowest BCUT2D eigenvalue weighted by Gasteiger charge is -2.12. The summed E-state index contributed by atoms with van der Waals surface area (Å²) in [7, 11) is 0. The topological polar surface area (TPSA) is 78.5 Å². The van der Waals surface area contributed by atoms with Crippen LogP contribution in [0.25, 0.3) is 6.08 Å². The molecule has 0 bridgehead atoms. The van der Waals surface area contributed by atoms with Crippen LogP contribution in [-0.4, -0.2) is 29.3 Å². The highest BCUT2D eigenvalue weighted by molar-refractivity contribution is 6.15. The highest BCUT2D eigenvalue weighted by Gasteiger charge is 2.34. The maximum absolute atomic E-state index is 12.4. The van der Waals surface area contributed by atoms with Crippen LogP contribution in [-0.2, 0) is 9.59 Å². The van der Waals surface area contributed by atoms with Crippen LogP contribution >= 0.6 is 0 Å². The number of amides is 4. The molecule has 2 N–H and O–H groups in total. The number of imide groups is 1. The normalized spacial score (nSPS) is 15.3. The Bertz CT molecular complexity index is 884. The summed E-state index contributed by atoms with van der Waals surface area (Å²) in [6.45, 7) is 3.57. The molecule has 0 aromatic heterocycles. The fourth-order valence-electron chi connectivity index (χ4n) is 2.53. The Hall–Kier alpha value is -3.41. The third-order valence-corrected chi connectivity index (χ3v) is 3.99. The quantitative estimate of drug-likeness (QED) is 0.658. The number of aryl methyl sites for hydroxylation is 2. The van der Waals surface area contributed by atoms with Gasteiger partial charge in [0.1, 0.15) is 12.2 Å². The minimum Gasteiger partial charge on any atom is -0.325 e. The monoisotopic (exact) mass is 349 g/mol. The molecule has 3 rings (SSSR count). The van der Waals surface area contributed by atoms with Gasteiger partial charge in [-0.15, -0.1) is 0 Å². The van der Waals surface area contributed by atoms with Crippen molar-refractivity contribution in [2.24, 2.45) is 0 Å². The van der Waals surface area contributed by atoms with E-state index in [0.29, 0.717) is 5.69 Å². The van der Waals surface area contributed by atoms with Gasteiger partial charge in [0, 0.05) is 5.69 Å². The Kier molecular flexibility index (Phi) is 4.84. The molecule has 4 amide bonds. The average Bonchev–Trinajstić information content (AvgIpc) is 2.86. The number of anilines is 1. The van der Waals surface area contributed by atoms with E-state index in [4.69, 9.17) is 0 Å². The Balaban J connectivity index is 1.67.